The molecular weight excluding hydrogens is 146 g/mol. The highest BCUT2D eigenvalue weighted by molar-refractivity contribution is 5.62. The molecule has 0 saturated heterocycles. The topological polar surface area (TPSA) is 12.9 Å². The van der Waals surface area contributed by atoms with Crippen molar-refractivity contribution < 1.29 is 0 Å². The molecule has 62 valence electrons. The van der Waals surface area contributed by atoms with Crippen molar-refractivity contribution in [3.63, 3.8) is 0 Å². The highest BCUT2D eigenvalue weighted by Crippen LogP contribution is 2.28. The number of fused-ring (bicyclic) bond motifs is 1. The van der Waals surface area contributed by atoms with Gasteiger partial charge in [0.05, 0.1) is 0 Å². The van der Waals surface area contributed by atoms with Gasteiger partial charge in [-0.25, -0.2) is 0 Å². The van der Waals surface area contributed by atoms with Gasteiger partial charge >= 0.3 is 0 Å². The van der Waals surface area contributed by atoms with Crippen molar-refractivity contribution in [2.24, 2.45) is 5.92 Å². The van der Waals surface area contributed by atoms with Crippen LogP contribution in [0.2, 0.25) is 0 Å². The second kappa shape index (κ2) is 2.74. The van der Waals surface area contributed by atoms with E-state index in [9.17, 15) is 0 Å². The zero-order valence-electron chi connectivity index (χ0n) is 7.54. The van der Waals surface area contributed by atoms with Gasteiger partial charge in [-0.2, -0.15) is 0 Å². The molecule has 0 spiro atoms. The Balaban J connectivity index is 2.35. The first kappa shape index (κ1) is 7.53. The summed E-state index contributed by atoms with van der Waals surface area (Å²) < 4.78 is 0. The second-order valence-corrected chi connectivity index (χ2v) is 3.63. The van der Waals surface area contributed by atoms with E-state index in [2.05, 4.69) is 31.0 Å². The van der Waals surface area contributed by atoms with E-state index in [1.165, 1.54) is 16.7 Å². The van der Waals surface area contributed by atoms with Crippen molar-refractivity contribution in [2.45, 2.75) is 20.3 Å². The molecule has 1 aromatic heterocycles. The molecule has 0 atom stereocenters. The Morgan fingerprint density at radius 2 is 2.25 bits per heavy atom. The van der Waals surface area contributed by atoms with E-state index in [1.54, 1.807) is 0 Å². The summed E-state index contributed by atoms with van der Waals surface area (Å²) in [6, 6.07) is 2.11. The van der Waals surface area contributed by atoms with Crippen molar-refractivity contribution in [3.05, 3.63) is 35.2 Å². The first-order chi connectivity index (χ1) is 5.77. The summed E-state index contributed by atoms with van der Waals surface area (Å²) in [6.45, 7) is 4.48. The van der Waals surface area contributed by atoms with Gasteiger partial charge in [0.1, 0.15) is 0 Å². The summed E-state index contributed by atoms with van der Waals surface area (Å²) in [5, 5.41) is 0. The third-order valence-electron chi connectivity index (χ3n) is 2.42. The Bertz CT molecular complexity index is 324. The molecule has 1 nitrogen and oxygen atoms in total. The highest BCUT2D eigenvalue weighted by Gasteiger charge is 2.13. The second-order valence-electron chi connectivity index (χ2n) is 3.63. The van der Waals surface area contributed by atoms with Crippen LogP contribution in [0.1, 0.15) is 25.0 Å². The van der Waals surface area contributed by atoms with Gasteiger partial charge in [0.15, 0.2) is 0 Å². The predicted molar refractivity (Wildman–Crippen MR) is 50.8 cm³/mol. The third kappa shape index (κ3) is 1.15. The zero-order chi connectivity index (χ0) is 8.55. The quantitative estimate of drug-likeness (QED) is 0.614. The van der Waals surface area contributed by atoms with Crippen molar-refractivity contribution in [2.75, 3.05) is 0 Å². The van der Waals surface area contributed by atoms with Crippen molar-refractivity contribution in [1.29, 1.82) is 0 Å². The van der Waals surface area contributed by atoms with Gasteiger partial charge in [-0.1, -0.05) is 25.5 Å². The minimum atomic E-state index is 0.664. The molecule has 0 bridgehead atoms. The highest BCUT2D eigenvalue weighted by atomic mass is 14.6. The van der Waals surface area contributed by atoms with E-state index in [0.29, 0.717) is 5.92 Å². The molecule has 1 aliphatic carbocycles. The van der Waals surface area contributed by atoms with Crippen LogP contribution in [0.15, 0.2) is 24.0 Å². The average Bonchev–Trinajstić information content (AvgIpc) is 2.46. The molecule has 1 aliphatic rings. The van der Waals surface area contributed by atoms with Gasteiger partial charge in [-0.15, -0.1) is 0 Å². The number of aromatic nitrogens is 1. The Morgan fingerprint density at radius 3 is 2.92 bits per heavy atom. The van der Waals surface area contributed by atoms with Gasteiger partial charge in [0, 0.05) is 12.4 Å². The predicted octanol–water partition coefficient (Wildman–Crippen LogP) is 2.68. The van der Waals surface area contributed by atoms with Crippen LogP contribution in [0.4, 0.5) is 0 Å². The lowest BCUT2D eigenvalue weighted by Gasteiger charge is -2.03. The molecule has 1 aromatic rings. The Morgan fingerprint density at radius 1 is 1.42 bits per heavy atom. The maximum absolute atomic E-state index is 4.11. The van der Waals surface area contributed by atoms with E-state index in [1.807, 2.05) is 12.4 Å². The van der Waals surface area contributed by atoms with E-state index in [4.69, 9.17) is 0 Å². The summed E-state index contributed by atoms with van der Waals surface area (Å²) in [6.07, 6.45) is 7.21. The smallest absolute Gasteiger partial charge is 0.0343 e. The molecule has 1 heteroatoms. The Hall–Kier alpha value is -1.11. The minimum absolute atomic E-state index is 0.664. The third-order valence-corrected chi connectivity index (χ3v) is 2.42. The summed E-state index contributed by atoms with van der Waals surface area (Å²) in [4.78, 5) is 4.11. The SMILES string of the molecule is CC(C)C1=Cc2cnccc2C1. The fraction of sp³-hybridized carbons (Fsp3) is 0.364. The summed E-state index contributed by atoms with van der Waals surface area (Å²) in [5.74, 6) is 0.664. The Kier molecular flexibility index (Phi) is 1.72. The molecule has 12 heavy (non-hydrogen) atoms. The van der Waals surface area contributed by atoms with Crippen LogP contribution in [0.3, 0.4) is 0 Å². The van der Waals surface area contributed by atoms with Gasteiger partial charge < -0.3 is 0 Å². The first-order valence-corrected chi connectivity index (χ1v) is 4.40. The Labute approximate surface area is 73.1 Å². The molecule has 0 saturated carbocycles. The summed E-state index contributed by atoms with van der Waals surface area (Å²) >= 11 is 0. The minimum Gasteiger partial charge on any atom is -0.264 e. The van der Waals surface area contributed by atoms with Gasteiger partial charge in [-0.05, 0) is 29.5 Å². The largest absolute Gasteiger partial charge is 0.264 e. The summed E-state index contributed by atoms with van der Waals surface area (Å²) in [5.41, 5.74) is 4.26. The molecule has 0 fully saturated rings. The summed E-state index contributed by atoms with van der Waals surface area (Å²) in [7, 11) is 0. The van der Waals surface area contributed by atoms with Crippen LogP contribution in [0, 0.1) is 5.92 Å². The van der Waals surface area contributed by atoms with Crippen LogP contribution < -0.4 is 0 Å². The maximum Gasteiger partial charge on any atom is 0.0343 e. The van der Waals surface area contributed by atoms with Crippen LogP contribution in [0.5, 0.6) is 0 Å². The molecule has 1 heterocycles. The normalized spacial score (nSPS) is 14.8. The molecule has 0 radical (unpaired) electrons. The molecule has 0 aromatic carbocycles. The lowest BCUT2D eigenvalue weighted by atomic mass is 10.0. The van der Waals surface area contributed by atoms with E-state index < -0.39 is 0 Å². The molecule has 2 rings (SSSR count). The molecule has 0 amide bonds. The van der Waals surface area contributed by atoms with Gasteiger partial charge in [-0.3, -0.25) is 4.98 Å². The van der Waals surface area contributed by atoms with Gasteiger partial charge in [0.2, 0.25) is 0 Å². The van der Waals surface area contributed by atoms with E-state index >= 15 is 0 Å². The fourth-order valence-corrected chi connectivity index (χ4v) is 1.57. The standard InChI is InChI=1S/C11H13N/c1-8(2)10-5-9-3-4-12-7-11(9)6-10/h3-4,6-8H,5H2,1-2H3. The monoisotopic (exact) mass is 159 g/mol. The van der Waals surface area contributed by atoms with Crippen molar-refractivity contribution >= 4 is 6.08 Å². The first-order valence-electron chi connectivity index (χ1n) is 4.40. The average molecular weight is 159 g/mol. The number of hydrogen-bond acceptors (Lipinski definition) is 1. The lowest BCUT2D eigenvalue weighted by molar-refractivity contribution is 0.754. The number of nitrogens with zero attached hydrogens (tertiary/aromatic N) is 1. The maximum atomic E-state index is 4.11. The van der Waals surface area contributed by atoms with Crippen LogP contribution in [-0.4, -0.2) is 4.98 Å². The molecule has 0 N–H and O–H groups in total. The number of rotatable bonds is 1. The van der Waals surface area contributed by atoms with Crippen LogP contribution >= 0.6 is 0 Å². The van der Waals surface area contributed by atoms with E-state index in [-0.39, 0.29) is 0 Å². The number of pyridine rings is 1. The van der Waals surface area contributed by atoms with Crippen molar-refractivity contribution in [3.8, 4) is 0 Å². The van der Waals surface area contributed by atoms with E-state index in [0.717, 1.165) is 6.42 Å². The molecule has 0 aliphatic heterocycles. The zero-order valence-corrected chi connectivity index (χ0v) is 7.54. The van der Waals surface area contributed by atoms with Crippen LogP contribution in [0.25, 0.3) is 6.08 Å². The molecular formula is C11H13N. The van der Waals surface area contributed by atoms with Gasteiger partial charge in [0.25, 0.3) is 0 Å². The molecule has 0 unspecified atom stereocenters. The number of allylic oxidation sites excluding steroid dienone is 1. The fourth-order valence-electron chi connectivity index (χ4n) is 1.57. The lowest BCUT2D eigenvalue weighted by Crippen LogP contribution is -1.92. The van der Waals surface area contributed by atoms with Crippen molar-refractivity contribution in [1.82, 2.24) is 4.98 Å². The van der Waals surface area contributed by atoms with Crippen LogP contribution in [-0.2, 0) is 6.42 Å². The number of hydrogen-bond donors (Lipinski definition) is 0.